The molecule has 3 nitrogen and oxygen atoms in total. The summed E-state index contributed by atoms with van der Waals surface area (Å²) in [6.45, 7) is 1.94. The molecule has 0 aliphatic rings. The van der Waals surface area contributed by atoms with Gasteiger partial charge in [-0.25, -0.2) is 0 Å². The first-order valence-corrected chi connectivity index (χ1v) is 5.66. The lowest BCUT2D eigenvalue weighted by atomic mass is 10.1. The SMILES string of the molecule is CCOc1ccc(C(O)C(Cl)(Cl)CO)cc1. The number of alkyl halides is 2. The van der Waals surface area contributed by atoms with Gasteiger partial charge in [0.2, 0.25) is 0 Å². The molecule has 1 aromatic rings. The molecule has 0 aliphatic heterocycles. The largest absolute Gasteiger partial charge is 0.494 e. The highest BCUT2D eigenvalue weighted by molar-refractivity contribution is 6.49. The van der Waals surface area contributed by atoms with Gasteiger partial charge >= 0.3 is 0 Å². The molecule has 2 N–H and O–H groups in total. The van der Waals surface area contributed by atoms with Crippen LogP contribution in [-0.2, 0) is 0 Å². The monoisotopic (exact) mass is 264 g/mol. The number of halogens is 2. The molecule has 1 unspecified atom stereocenters. The third-order valence-corrected chi connectivity index (χ3v) is 2.77. The molecule has 0 amide bonds. The molecular formula is C11H14Cl2O3. The molecular weight excluding hydrogens is 251 g/mol. The quantitative estimate of drug-likeness (QED) is 0.803. The van der Waals surface area contributed by atoms with Crippen molar-refractivity contribution in [3.8, 4) is 5.75 Å². The van der Waals surface area contributed by atoms with Crippen LogP contribution in [0.3, 0.4) is 0 Å². The summed E-state index contributed by atoms with van der Waals surface area (Å²) >= 11 is 11.5. The van der Waals surface area contributed by atoms with E-state index in [4.69, 9.17) is 33.0 Å². The van der Waals surface area contributed by atoms with E-state index in [-0.39, 0.29) is 0 Å². The fraction of sp³-hybridized carbons (Fsp3) is 0.455. The minimum absolute atomic E-state index is 0.523. The maximum atomic E-state index is 9.80. The van der Waals surface area contributed by atoms with Gasteiger partial charge in [-0.15, -0.1) is 0 Å². The number of aliphatic hydroxyl groups excluding tert-OH is 2. The Morgan fingerprint density at radius 3 is 2.31 bits per heavy atom. The molecule has 0 spiro atoms. The first-order chi connectivity index (χ1) is 7.51. The van der Waals surface area contributed by atoms with Crippen LogP contribution in [0.4, 0.5) is 0 Å². The Bertz CT molecular complexity index is 325. The van der Waals surface area contributed by atoms with Crippen molar-refractivity contribution >= 4 is 23.2 Å². The standard InChI is InChI=1S/C11H14Cl2O3/c1-2-16-9-5-3-8(4-6-9)10(15)11(12,13)7-14/h3-6,10,14-15H,2,7H2,1H3. The number of benzene rings is 1. The highest BCUT2D eigenvalue weighted by Gasteiger charge is 2.33. The lowest BCUT2D eigenvalue weighted by Gasteiger charge is -2.23. The van der Waals surface area contributed by atoms with Gasteiger partial charge in [-0.2, -0.15) is 0 Å². The second-order valence-corrected chi connectivity index (χ2v) is 4.87. The highest BCUT2D eigenvalue weighted by Crippen LogP contribution is 2.35. The molecule has 0 bridgehead atoms. The Labute approximate surface area is 105 Å². The third-order valence-electron chi connectivity index (χ3n) is 2.12. The van der Waals surface area contributed by atoms with Crippen molar-refractivity contribution in [2.24, 2.45) is 0 Å². The summed E-state index contributed by atoms with van der Waals surface area (Å²) in [5.41, 5.74) is 0.530. The van der Waals surface area contributed by atoms with Crippen LogP contribution in [-0.4, -0.2) is 27.8 Å². The summed E-state index contributed by atoms with van der Waals surface area (Å²) in [6, 6.07) is 6.74. The van der Waals surface area contributed by atoms with E-state index in [9.17, 15) is 5.11 Å². The molecule has 0 aliphatic carbocycles. The molecule has 0 aromatic heterocycles. The van der Waals surface area contributed by atoms with E-state index in [2.05, 4.69) is 0 Å². The Morgan fingerprint density at radius 1 is 1.31 bits per heavy atom. The zero-order valence-electron chi connectivity index (χ0n) is 8.86. The van der Waals surface area contributed by atoms with Gasteiger partial charge in [-0.1, -0.05) is 35.3 Å². The van der Waals surface area contributed by atoms with Crippen molar-refractivity contribution in [2.75, 3.05) is 13.2 Å². The summed E-state index contributed by atoms with van der Waals surface area (Å²) in [5, 5.41) is 18.7. The molecule has 0 saturated heterocycles. The number of hydrogen-bond acceptors (Lipinski definition) is 3. The van der Waals surface area contributed by atoms with Crippen molar-refractivity contribution in [3.63, 3.8) is 0 Å². The molecule has 1 aromatic carbocycles. The molecule has 1 atom stereocenters. The van der Waals surface area contributed by atoms with Crippen LogP contribution in [0.1, 0.15) is 18.6 Å². The molecule has 0 heterocycles. The van der Waals surface area contributed by atoms with Gasteiger partial charge in [0.15, 0.2) is 4.33 Å². The van der Waals surface area contributed by atoms with E-state index in [1.807, 2.05) is 6.92 Å². The minimum Gasteiger partial charge on any atom is -0.494 e. The zero-order valence-corrected chi connectivity index (χ0v) is 10.4. The molecule has 90 valence electrons. The summed E-state index contributed by atoms with van der Waals surface area (Å²) in [6.07, 6.45) is -1.14. The average Bonchev–Trinajstić information content (AvgIpc) is 2.29. The summed E-state index contributed by atoms with van der Waals surface area (Å²) in [7, 11) is 0. The van der Waals surface area contributed by atoms with Crippen LogP contribution in [0, 0.1) is 0 Å². The molecule has 16 heavy (non-hydrogen) atoms. The van der Waals surface area contributed by atoms with Crippen molar-refractivity contribution in [3.05, 3.63) is 29.8 Å². The summed E-state index contributed by atoms with van der Waals surface area (Å²) in [4.78, 5) is 0. The highest BCUT2D eigenvalue weighted by atomic mass is 35.5. The summed E-state index contributed by atoms with van der Waals surface area (Å²) < 4.78 is 3.67. The van der Waals surface area contributed by atoms with Crippen LogP contribution in [0.25, 0.3) is 0 Å². The van der Waals surface area contributed by atoms with Crippen LogP contribution < -0.4 is 4.74 Å². The predicted octanol–water partition coefficient (Wildman–Crippen LogP) is 2.28. The van der Waals surface area contributed by atoms with Crippen molar-refractivity contribution in [1.82, 2.24) is 0 Å². The Hall–Kier alpha value is -0.480. The Balaban J connectivity index is 2.81. The van der Waals surface area contributed by atoms with Gasteiger partial charge in [0, 0.05) is 0 Å². The van der Waals surface area contributed by atoms with Crippen LogP contribution in [0.15, 0.2) is 24.3 Å². The first-order valence-electron chi connectivity index (χ1n) is 4.90. The number of aliphatic hydroxyl groups is 2. The van der Waals surface area contributed by atoms with E-state index >= 15 is 0 Å². The minimum atomic E-state index is -1.59. The maximum absolute atomic E-state index is 9.80. The van der Waals surface area contributed by atoms with E-state index in [1.165, 1.54) is 0 Å². The lowest BCUT2D eigenvalue weighted by Crippen LogP contribution is -2.27. The summed E-state index contributed by atoms with van der Waals surface area (Å²) in [5.74, 6) is 0.706. The molecule has 0 radical (unpaired) electrons. The normalized spacial score (nSPS) is 13.6. The lowest BCUT2D eigenvalue weighted by molar-refractivity contribution is 0.122. The first kappa shape index (κ1) is 13.6. The van der Waals surface area contributed by atoms with Crippen molar-refractivity contribution in [2.45, 2.75) is 17.4 Å². The van der Waals surface area contributed by atoms with Gasteiger partial charge in [0.05, 0.1) is 13.2 Å². The topological polar surface area (TPSA) is 49.7 Å². The fourth-order valence-corrected chi connectivity index (χ4v) is 1.50. The van der Waals surface area contributed by atoms with Gasteiger partial charge in [-0.05, 0) is 24.6 Å². The fourth-order valence-electron chi connectivity index (χ4n) is 1.24. The van der Waals surface area contributed by atoms with Crippen molar-refractivity contribution < 1.29 is 14.9 Å². The molecule has 0 saturated carbocycles. The second kappa shape index (κ2) is 5.73. The smallest absolute Gasteiger partial charge is 0.170 e. The maximum Gasteiger partial charge on any atom is 0.170 e. The Morgan fingerprint density at radius 2 is 1.88 bits per heavy atom. The van der Waals surface area contributed by atoms with Crippen LogP contribution in [0.5, 0.6) is 5.75 Å². The number of ether oxygens (including phenoxy) is 1. The van der Waals surface area contributed by atoms with E-state index in [0.717, 1.165) is 0 Å². The number of hydrogen-bond donors (Lipinski definition) is 2. The van der Waals surface area contributed by atoms with Gasteiger partial charge < -0.3 is 14.9 Å². The number of rotatable bonds is 5. The van der Waals surface area contributed by atoms with E-state index < -0.39 is 17.0 Å². The average molecular weight is 265 g/mol. The second-order valence-electron chi connectivity index (χ2n) is 3.32. The van der Waals surface area contributed by atoms with Crippen molar-refractivity contribution in [1.29, 1.82) is 0 Å². The van der Waals surface area contributed by atoms with E-state index in [0.29, 0.717) is 17.9 Å². The van der Waals surface area contributed by atoms with Gasteiger partial charge in [-0.3, -0.25) is 0 Å². The van der Waals surface area contributed by atoms with Crippen LogP contribution >= 0.6 is 23.2 Å². The van der Waals surface area contributed by atoms with Gasteiger partial charge in [0.1, 0.15) is 11.9 Å². The van der Waals surface area contributed by atoms with E-state index in [1.54, 1.807) is 24.3 Å². The Kier molecular flexibility index (Phi) is 4.87. The predicted molar refractivity (Wildman–Crippen MR) is 64.1 cm³/mol. The zero-order chi connectivity index (χ0) is 12.2. The molecule has 5 heteroatoms. The van der Waals surface area contributed by atoms with Gasteiger partial charge in [0.25, 0.3) is 0 Å². The molecule has 1 rings (SSSR count). The third kappa shape index (κ3) is 3.25. The molecule has 0 fully saturated rings. The van der Waals surface area contributed by atoms with Crippen LogP contribution in [0.2, 0.25) is 0 Å².